The van der Waals surface area contributed by atoms with Gasteiger partial charge in [-0.1, -0.05) is 6.92 Å². The summed E-state index contributed by atoms with van der Waals surface area (Å²) in [4.78, 5) is 19.0. The Hall–Kier alpha value is -2.09. The van der Waals surface area contributed by atoms with Gasteiger partial charge in [0.2, 0.25) is 0 Å². The fraction of sp³-hybridized carbons (Fsp3) is 0.625. The summed E-state index contributed by atoms with van der Waals surface area (Å²) in [5.74, 6) is 0.157. The van der Waals surface area contributed by atoms with Gasteiger partial charge in [0.25, 0.3) is 0 Å². The van der Waals surface area contributed by atoms with Crippen molar-refractivity contribution in [2.24, 2.45) is 17.3 Å². The van der Waals surface area contributed by atoms with E-state index in [1.165, 1.54) is 23.8 Å². The second-order valence-corrected chi connectivity index (χ2v) is 9.68. The maximum absolute atomic E-state index is 12.8. The van der Waals surface area contributed by atoms with Crippen LogP contribution in [0.5, 0.6) is 5.75 Å². The molecule has 31 heavy (non-hydrogen) atoms. The lowest BCUT2D eigenvalue weighted by atomic mass is 9.56. The number of esters is 1. The first-order valence-corrected chi connectivity index (χ1v) is 11.1. The zero-order chi connectivity index (χ0) is 21.9. The Morgan fingerprint density at radius 1 is 1.29 bits per heavy atom. The summed E-state index contributed by atoms with van der Waals surface area (Å²) in [6.07, 6.45) is 1.24. The minimum atomic E-state index is -0.673. The summed E-state index contributed by atoms with van der Waals surface area (Å²) in [7, 11) is 4.68. The molecule has 2 aliphatic heterocycles. The van der Waals surface area contributed by atoms with Crippen LogP contribution in [0, 0.1) is 17.3 Å². The Bertz CT molecular complexity index is 1000. The Morgan fingerprint density at radius 3 is 2.81 bits per heavy atom. The van der Waals surface area contributed by atoms with Crippen LogP contribution in [-0.4, -0.2) is 67.6 Å². The van der Waals surface area contributed by atoms with E-state index in [0.717, 1.165) is 37.2 Å². The number of rotatable bonds is 3. The highest BCUT2D eigenvalue weighted by atomic mass is 16.5. The van der Waals surface area contributed by atoms with Crippen LogP contribution in [0.25, 0.3) is 10.9 Å². The lowest BCUT2D eigenvalue weighted by Crippen LogP contribution is -2.62. The topological polar surface area (TPSA) is 84.0 Å². The van der Waals surface area contributed by atoms with Crippen LogP contribution in [0.3, 0.4) is 0 Å². The van der Waals surface area contributed by atoms with E-state index in [2.05, 4.69) is 28.9 Å². The minimum Gasteiger partial charge on any atom is -0.497 e. The number of methoxy groups -OCH3 is 3. The second-order valence-electron chi connectivity index (χ2n) is 9.68. The Balaban J connectivity index is 1.56. The minimum absolute atomic E-state index is 0.0708. The molecule has 1 aromatic carbocycles. The maximum Gasteiger partial charge on any atom is 0.311 e. The summed E-state index contributed by atoms with van der Waals surface area (Å²) in [6, 6.07) is 6.42. The van der Waals surface area contributed by atoms with Crippen molar-refractivity contribution in [1.29, 1.82) is 0 Å². The molecule has 168 valence electrons. The lowest BCUT2D eigenvalue weighted by molar-refractivity contribution is -0.190. The molecule has 1 aliphatic carbocycles. The summed E-state index contributed by atoms with van der Waals surface area (Å²) in [5, 5.41) is 12.1. The third-order valence-electron chi connectivity index (χ3n) is 8.09. The average Bonchev–Trinajstić information content (AvgIpc) is 3.13. The normalized spacial score (nSPS) is 35.2. The zero-order valence-corrected chi connectivity index (χ0v) is 18.7. The van der Waals surface area contributed by atoms with Crippen LogP contribution in [0.15, 0.2) is 18.2 Å². The summed E-state index contributed by atoms with van der Waals surface area (Å²) >= 11 is 0. The van der Waals surface area contributed by atoms with Gasteiger partial charge in [0, 0.05) is 42.9 Å². The molecule has 2 unspecified atom stereocenters. The first-order chi connectivity index (χ1) is 14.9. The van der Waals surface area contributed by atoms with Gasteiger partial charge in [-0.3, -0.25) is 9.69 Å². The molecule has 2 aromatic rings. The molecule has 3 aliphatic rings. The molecular weight excluding hydrogens is 396 g/mol. The summed E-state index contributed by atoms with van der Waals surface area (Å²) in [5.41, 5.74) is 3.55. The fourth-order valence-corrected chi connectivity index (χ4v) is 6.69. The van der Waals surface area contributed by atoms with E-state index in [9.17, 15) is 9.90 Å². The number of nitrogens with zero attached hydrogens (tertiary/aromatic N) is 1. The van der Waals surface area contributed by atoms with Crippen molar-refractivity contribution >= 4 is 16.9 Å². The molecule has 7 heteroatoms. The van der Waals surface area contributed by atoms with Crippen LogP contribution in [0.4, 0.5) is 0 Å². The van der Waals surface area contributed by atoms with Crippen LogP contribution >= 0.6 is 0 Å². The van der Waals surface area contributed by atoms with Gasteiger partial charge in [-0.25, -0.2) is 0 Å². The van der Waals surface area contributed by atoms with Gasteiger partial charge < -0.3 is 24.3 Å². The number of hydrogen-bond acceptors (Lipinski definition) is 6. The highest BCUT2D eigenvalue weighted by Crippen LogP contribution is 2.55. The predicted molar refractivity (Wildman–Crippen MR) is 116 cm³/mol. The molecule has 2 N–H and O–H groups in total. The summed E-state index contributed by atoms with van der Waals surface area (Å²) in [6.45, 7) is 4.04. The highest BCUT2D eigenvalue weighted by Gasteiger charge is 2.58. The highest BCUT2D eigenvalue weighted by molar-refractivity contribution is 5.86. The van der Waals surface area contributed by atoms with Crippen molar-refractivity contribution in [3.63, 3.8) is 0 Å². The maximum atomic E-state index is 12.8. The van der Waals surface area contributed by atoms with E-state index in [-0.39, 0.29) is 23.3 Å². The van der Waals surface area contributed by atoms with Crippen molar-refractivity contribution in [2.45, 2.75) is 44.4 Å². The predicted octanol–water partition coefficient (Wildman–Crippen LogP) is 2.67. The van der Waals surface area contributed by atoms with Gasteiger partial charge in [-0.15, -0.1) is 0 Å². The third kappa shape index (κ3) is 3.09. The van der Waals surface area contributed by atoms with E-state index in [1.807, 2.05) is 6.07 Å². The number of hydrogen-bond donors (Lipinski definition) is 2. The van der Waals surface area contributed by atoms with Crippen molar-refractivity contribution in [3.8, 4) is 5.75 Å². The molecule has 0 amide bonds. The monoisotopic (exact) mass is 428 g/mol. The zero-order valence-electron chi connectivity index (χ0n) is 18.7. The number of aliphatic hydroxyl groups is 1. The number of aromatic nitrogens is 1. The lowest BCUT2D eigenvalue weighted by Gasteiger charge is -2.57. The van der Waals surface area contributed by atoms with Crippen molar-refractivity contribution in [3.05, 3.63) is 29.5 Å². The molecule has 0 bridgehead atoms. The largest absolute Gasteiger partial charge is 0.497 e. The van der Waals surface area contributed by atoms with Gasteiger partial charge in [0.05, 0.1) is 38.4 Å². The van der Waals surface area contributed by atoms with E-state index >= 15 is 0 Å². The number of carbonyl (C=O) groups is 1. The van der Waals surface area contributed by atoms with E-state index in [1.54, 1.807) is 14.2 Å². The number of benzene rings is 1. The molecule has 7 nitrogen and oxygen atoms in total. The number of aromatic amines is 1. The standard InChI is InChI=1S/C24H32N2O5/c1-24-11-19(27)22(30-3)20(23(28)31-4)16(24)10-18-21-15(7-8-26(18)12-24)14-6-5-13(29-2)9-17(14)25-21/h5-6,9,16,18-20,22,25,27H,7-8,10-12H2,1-4H3/t16-,18-,19-,20+,22?,24?/m1/s1. The fourth-order valence-electron chi connectivity index (χ4n) is 6.69. The van der Waals surface area contributed by atoms with E-state index in [0.29, 0.717) is 6.42 Å². The van der Waals surface area contributed by atoms with Crippen molar-refractivity contribution in [2.75, 3.05) is 34.4 Å². The van der Waals surface area contributed by atoms with Crippen LogP contribution < -0.4 is 4.74 Å². The first-order valence-electron chi connectivity index (χ1n) is 11.1. The molecule has 5 rings (SSSR count). The van der Waals surface area contributed by atoms with Gasteiger partial charge in [0.15, 0.2) is 0 Å². The second kappa shape index (κ2) is 7.50. The molecule has 0 spiro atoms. The number of carbonyl (C=O) groups excluding carboxylic acids is 1. The van der Waals surface area contributed by atoms with Gasteiger partial charge in [-0.05, 0) is 48.3 Å². The number of ether oxygens (including phenoxy) is 3. The molecular formula is C24H32N2O5. The molecule has 1 saturated carbocycles. The molecule has 1 saturated heterocycles. The van der Waals surface area contributed by atoms with Gasteiger partial charge >= 0.3 is 5.97 Å². The molecule has 3 heterocycles. The number of piperidine rings is 1. The van der Waals surface area contributed by atoms with Crippen LogP contribution in [0.2, 0.25) is 0 Å². The van der Waals surface area contributed by atoms with Crippen molar-refractivity contribution in [1.82, 2.24) is 9.88 Å². The first kappa shape index (κ1) is 20.8. The van der Waals surface area contributed by atoms with E-state index < -0.39 is 18.1 Å². The number of nitrogens with one attached hydrogen (secondary N) is 1. The number of H-pyrrole nitrogens is 1. The van der Waals surface area contributed by atoms with Crippen LogP contribution in [-0.2, 0) is 20.7 Å². The average molecular weight is 429 g/mol. The molecule has 2 fully saturated rings. The van der Waals surface area contributed by atoms with Crippen molar-refractivity contribution < 1.29 is 24.1 Å². The Labute approximate surface area is 182 Å². The SMILES string of the molecule is COC(=O)[C@@H]1C(OC)[C@H](O)CC2(C)CN3CCc4c([nH]c5cc(OC)ccc45)[C@H]3C[C@H]12. The molecule has 6 atom stereocenters. The third-order valence-corrected chi connectivity index (χ3v) is 8.09. The number of aliphatic hydroxyl groups excluding tert-OH is 1. The summed E-state index contributed by atoms with van der Waals surface area (Å²) < 4.78 is 16.2. The van der Waals surface area contributed by atoms with E-state index in [4.69, 9.17) is 14.2 Å². The van der Waals surface area contributed by atoms with Crippen LogP contribution in [0.1, 0.15) is 37.1 Å². The van der Waals surface area contributed by atoms with Gasteiger partial charge in [-0.2, -0.15) is 0 Å². The molecule has 0 radical (unpaired) electrons. The quantitative estimate of drug-likeness (QED) is 0.732. The molecule has 1 aromatic heterocycles. The smallest absolute Gasteiger partial charge is 0.311 e. The Morgan fingerprint density at radius 2 is 2.10 bits per heavy atom. The number of fused-ring (bicyclic) bond motifs is 6. The Kier molecular flexibility index (Phi) is 5.03. The van der Waals surface area contributed by atoms with Gasteiger partial charge in [0.1, 0.15) is 5.75 Å².